The largest absolute Gasteiger partial charge is 0.652 e. The van der Waals surface area contributed by atoms with E-state index in [0.717, 1.165) is 17.3 Å². The summed E-state index contributed by atoms with van der Waals surface area (Å²) in [6, 6.07) is 8.01. The van der Waals surface area contributed by atoms with Gasteiger partial charge in [-0.05, 0) is 29.0 Å². The maximum Gasteiger partial charge on any atom is 0.349 e. The first-order valence-electron chi connectivity index (χ1n) is 9.54. The van der Waals surface area contributed by atoms with E-state index in [-0.39, 0.29) is 6.10 Å². The maximum atomic E-state index is 13.1. The number of rotatable bonds is 4. The van der Waals surface area contributed by atoms with Crippen molar-refractivity contribution < 1.29 is 38.9 Å². The third-order valence-electron chi connectivity index (χ3n) is 6.36. The number of piperidine rings is 1. The van der Waals surface area contributed by atoms with E-state index in [9.17, 15) is 9.90 Å². The summed E-state index contributed by atoms with van der Waals surface area (Å²) in [7, 11) is 4.49. The molecule has 0 saturated carbocycles. The van der Waals surface area contributed by atoms with Crippen molar-refractivity contribution in [1.29, 1.82) is 0 Å². The second-order valence-electron chi connectivity index (χ2n) is 8.24. The molecule has 5 heterocycles. The molecule has 8 nitrogen and oxygen atoms in total. The first kappa shape index (κ1) is 21.3. The van der Waals surface area contributed by atoms with Crippen LogP contribution in [0.2, 0.25) is 0 Å². The first-order valence-corrected chi connectivity index (χ1v) is 11.3. The van der Waals surface area contributed by atoms with Gasteiger partial charge in [-0.1, -0.05) is 12.1 Å². The Morgan fingerprint density at radius 3 is 1.97 bits per heavy atom. The van der Waals surface area contributed by atoms with Gasteiger partial charge in [0.1, 0.15) is 30.4 Å². The van der Waals surface area contributed by atoms with Crippen molar-refractivity contribution in [2.75, 3.05) is 14.1 Å². The highest BCUT2D eigenvalue weighted by Crippen LogP contribution is 2.52. The number of morpholine rings is 1. The number of epoxide rings is 1. The normalized spacial score (nSPS) is 30.6. The Morgan fingerprint density at radius 2 is 1.57 bits per heavy atom. The summed E-state index contributed by atoms with van der Waals surface area (Å²) in [4.78, 5) is 22.7. The van der Waals surface area contributed by atoms with Crippen LogP contribution in [0.15, 0.2) is 35.0 Å². The molecule has 3 saturated heterocycles. The highest BCUT2D eigenvalue weighted by Gasteiger charge is 2.71. The van der Waals surface area contributed by atoms with Crippen LogP contribution < -0.4 is 10.2 Å². The predicted molar refractivity (Wildman–Crippen MR) is 104 cm³/mol. The number of hydrogen-bond acceptors (Lipinski definition) is 9. The van der Waals surface area contributed by atoms with E-state index in [0.29, 0.717) is 34.0 Å². The second-order valence-corrected chi connectivity index (χ2v) is 10.1. The van der Waals surface area contributed by atoms with E-state index in [2.05, 4.69) is 14.1 Å². The molecule has 3 fully saturated rings. The summed E-state index contributed by atoms with van der Waals surface area (Å²) < 4.78 is 12.6. The van der Waals surface area contributed by atoms with Crippen LogP contribution in [0.1, 0.15) is 22.6 Å². The number of fused-ring (bicyclic) bond motifs is 5. The first-order chi connectivity index (χ1) is 14.2. The van der Waals surface area contributed by atoms with Gasteiger partial charge >= 0.3 is 5.97 Å². The van der Waals surface area contributed by atoms with Crippen molar-refractivity contribution in [1.82, 2.24) is 0 Å². The molecule has 1 N–H and O–H groups in total. The van der Waals surface area contributed by atoms with Gasteiger partial charge < -0.3 is 34.1 Å². The number of thiophene rings is 2. The number of esters is 1. The standard InChI is InChI=1S/C19H22NO4S2.CH2O3/c1-20(2)12-9-11(10-13(20)17-16(12)24-17)23-18(21)19(22,14-5-3-7-25-14)15-6-4-8-26-15;2-1(3)4/h3-8,11-13,16-17,22H,9-10H2,1-2H3;(H2,2,3,4)/q+1;/p-2. The van der Waals surface area contributed by atoms with Crippen LogP contribution in [0.25, 0.3) is 0 Å². The number of hydrogen-bond donors (Lipinski definition) is 1. The molecule has 0 spiro atoms. The van der Waals surface area contributed by atoms with E-state index in [4.69, 9.17) is 24.5 Å². The summed E-state index contributed by atoms with van der Waals surface area (Å²) in [5.74, 6) is -0.561. The number of likely N-dealkylation sites (N-methyl/N-ethyl adjacent to an activating group) is 1. The molecule has 2 aromatic heterocycles. The fourth-order valence-electron chi connectivity index (χ4n) is 4.83. The maximum absolute atomic E-state index is 13.1. The molecular formula is C20H22NO7S2-. The van der Waals surface area contributed by atoms with Gasteiger partial charge in [-0.2, -0.15) is 0 Å². The minimum absolute atomic E-state index is 0.161. The van der Waals surface area contributed by atoms with Gasteiger partial charge in [0, 0.05) is 12.8 Å². The number of ether oxygens (including phenoxy) is 2. The lowest BCUT2D eigenvalue weighted by Gasteiger charge is -2.45. The smallest absolute Gasteiger partial charge is 0.349 e. The molecule has 3 aliphatic rings. The fourth-order valence-corrected chi connectivity index (χ4v) is 6.54. The van der Waals surface area contributed by atoms with E-state index in [1.165, 1.54) is 22.7 Å². The quantitative estimate of drug-likeness (QED) is 0.390. The number of carboxylic acid groups (broad SMARTS) is 2. The van der Waals surface area contributed by atoms with Crippen molar-refractivity contribution >= 4 is 34.8 Å². The lowest BCUT2D eigenvalue weighted by molar-refractivity contribution is -0.938. The molecule has 4 unspecified atom stereocenters. The van der Waals surface area contributed by atoms with Crippen LogP contribution in [0.3, 0.4) is 0 Å². The average molecular weight is 453 g/mol. The highest BCUT2D eigenvalue weighted by atomic mass is 32.1. The molecule has 2 bridgehead atoms. The molecule has 0 amide bonds. The molecule has 5 rings (SSSR count). The molecule has 0 radical (unpaired) electrons. The second kappa shape index (κ2) is 7.61. The Bertz CT molecular complexity index is 853. The Morgan fingerprint density at radius 1 is 1.10 bits per heavy atom. The minimum Gasteiger partial charge on any atom is -0.652 e. The van der Waals surface area contributed by atoms with Crippen molar-refractivity contribution in [3.05, 3.63) is 44.8 Å². The van der Waals surface area contributed by atoms with Crippen molar-refractivity contribution in [3.63, 3.8) is 0 Å². The molecule has 0 aromatic carbocycles. The predicted octanol–water partition coefficient (Wildman–Crippen LogP) is -0.101. The summed E-state index contributed by atoms with van der Waals surface area (Å²) in [6.07, 6.45) is -0.284. The zero-order chi connectivity index (χ0) is 21.7. The zero-order valence-corrected chi connectivity index (χ0v) is 18.1. The summed E-state index contributed by atoms with van der Waals surface area (Å²) >= 11 is 2.74. The van der Waals surface area contributed by atoms with Gasteiger partial charge in [-0.15, -0.1) is 22.7 Å². The molecule has 162 valence electrons. The number of carbonyl (C=O) groups is 2. The molecular weight excluding hydrogens is 430 g/mol. The SMILES string of the molecule is C[N+]1(C)C2CC(OC(=O)C(O)(c3cccs3)c3cccs3)CC1C1OC12.O=C([O-])[O-]. The molecule has 30 heavy (non-hydrogen) atoms. The number of nitrogens with zero attached hydrogens (tertiary/aromatic N) is 1. The summed E-state index contributed by atoms with van der Waals surface area (Å²) in [6.45, 7) is 0. The third-order valence-corrected chi connectivity index (χ3v) is 8.32. The Labute approximate surface area is 181 Å². The van der Waals surface area contributed by atoms with Gasteiger partial charge in [0.15, 0.2) is 0 Å². The number of aliphatic hydroxyl groups is 1. The van der Waals surface area contributed by atoms with E-state index < -0.39 is 17.7 Å². The number of quaternary nitrogens is 1. The third kappa shape index (κ3) is 3.52. The minimum atomic E-state index is -2.33. The van der Waals surface area contributed by atoms with Crippen LogP contribution in [-0.4, -0.2) is 66.2 Å². The fraction of sp³-hybridized carbons (Fsp3) is 0.500. The lowest BCUT2D eigenvalue weighted by Crippen LogP contribution is -2.60. The van der Waals surface area contributed by atoms with Gasteiger partial charge in [0.05, 0.1) is 23.8 Å². The molecule has 3 aliphatic heterocycles. The summed E-state index contributed by atoms with van der Waals surface area (Å²) in [5.41, 5.74) is -1.72. The Kier molecular flexibility index (Phi) is 5.39. The van der Waals surface area contributed by atoms with Crippen molar-refractivity contribution in [2.45, 2.75) is 48.8 Å². The van der Waals surface area contributed by atoms with Gasteiger partial charge in [0.2, 0.25) is 5.60 Å². The average Bonchev–Trinajstić information content (AvgIpc) is 3.02. The van der Waals surface area contributed by atoms with E-state index in [1.807, 2.05) is 22.9 Å². The molecule has 4 atom stereocenters. The molecule has 2 aromatic rings. The van der Waals surface area contributed by atoms with Crippen molar-refractivity contribution in [3.8, 4) is 0 Å². The lowest BCUT2D eigenvalue weighted by atomic mass is 9.95. The van der Waals surface area contributed by atoms with Crippen molar-refractivity contribution in [2.24, 2.45) is 0 Å². The van der Waals surface area contributed by atoms with E-state index >= 15 is 0 Å². The van der Waals surface area contributed by atoms with Crippen LogP contribution in [0.4, 0.5) is 4.79 Å². The molecule has 10 heteroatoms. The van der Waals surface area contributed by atoms with Gasteiger partial charge in [-0.3, -0.25) is 0 Å². The van der Waals surface area contributed by atoms with Crippen LogP contribution >= 0.6 is 22.7 Å². The van der Waals surface area contributed by atoms with Crippen LogP contribution in [0, 0.1) is 0 Å². The van der Waals surface area contributed by atoms with Gasteiger partial charge in [0.25, 0.3) is 0 Å². The van der Waals surface area contributed by atoms with Crippen LogP contribution in [0.5, 0.6) is 0 Å². The highest BCUT2D eigenvalue weighted by molar-refractivity contribution is 7.12. The van der Waals surface area contributed by atoms with Crippen LogP contribution in [-0.2, 0) is 19.9 Å². The Balaban J connectivity index is 0.000000503. The topological polar surface area (TPSA) is 122 Å². The monoisotopic (exact) mass is 452 g/mol. The molecule has 0 aliphatic carbocycles. The zero-order valence-electron chi connectivity index (χ0n) is 16.4. The van der Waals surface area contributed by atoms with E-state index in [1.54, 1.807) is 12.1 Å². The summed E-state index contributed by atoms with van der Waals surface area (Å²) in [5, 5.41) is 31.8. The number of carbonyl (C=O) groups excluding carboxylic acids is 2. The Hall–Kier alpha value is -1.98. The van der Waals surface area contributed by atoms with Gasteiger partial charge in [-0.25, -0.2) is 4.79 Å².